The van der Waals surface area contributed by atoms with Gasteiger partial charge in [0.1, 0.15) is 12.1 Å². The second-order valence-corrected chi connectivity index (χ2v) is 6.86. The number of nitrogens with zero attached hydrogens (tertiary/aromatic N) is 4. The lowest BCUT2D eigenvalue weighted by Gasteiger charge is -2.13. The monoisotopic (exact) mass is 435 g/mol. The lowest BCUT2D eigenvalue weighted by molar-refractivity contribution is -0.131. The highest BCUT2D eigenvalue weighted by atomic mass is 35.5. The molecule has 0 fully saturated rings. The number of anilines is 2. The van der Waals surface area contributed by atoms with Crippen LogP contribution in [-0.2, 0) is 4.79 Å². The Hall–Kier alpha value is -4.04. The van der Waals surface area contributed by atoms with Crippen LogP contribution in [0.3, 0.4) is 0 Å². The van der Waals surface area contributed by atoms with E-state index < -0.39 is 11.8 Å². The molecule has 2 aromatic heterocycles. The number of hydrogen-bond acceptors (Lipinski definition) is 5. The molecule has 0 amide bonds. The Balaban J connectivity index is 1.74. The highest BCUT2D eigenvalue weighted by Gasteiger charge is 2.12. The van der Waals surface area contributed by atoms with Crippen molar-refractivity contribution in [3.63, 3.8) is 0 Å². The summed E-state index contributed by atoms with van der Waals surface area (Å²) < 4.78 is 15.2. The molecule has 0 aliphatic heterocycles. The fraction of sp³-hybridized carbons (Fsp3) is 0. The minimum atomic E-state index is -1.02. The third-order valence-electron chi connectivity index (χ3n) is 4.31. The summed E-state index contributed by atoms with van der Waals surface area (Å²) >= 11 is 5.85. The first-order valence-corrected chi connectivity index (χ1v) is 9.46. The molecular weight excluding hydrogens is 421 g/mol. The van der Waals surface area contributed by atoms with E-state index in [2.05, 4.69) is 20.3 Å². The lowest BCUT2D eigenvalue weighted by atomic mass is 10.0. The Labute approximate surface area is 181 Å². The van der Waals surface area contributed by atoms with Crippen LogP contribution in [0.25, 0.3) is 23.0 Å². The third-order valence-corrected chi connectivity index (χ3v) is 4.60. The van der Waals surface area contributed by atoms with E-state index in [9.17, 15) is 9.18 Å². The molecule has 0 saturated carbocycles. The molecule has 0 unspecified atom stereocenters. The van der Waals surface area contributed by atoms with Gasteiger partial charge in [0.25, 0.3) is 0 Å². The van der Waals surface area contributed by atoms with Crippen LogP contribution in [0.15, 0.2) is 73.5 Å². The number of benzene rings is 2. The quantitative estimate of drug-likeness (QED) is 0.416. The molecule has 0 bridgehead atoms. The number of carbonyl (C=O) groups is 1. The van der Waals surface area contributed by atoms with Crippen LogP contribution >= 0.6 is 11.6 Å². The number of hydrogen-bond donors (Lipinski definition) is 2. The fourth-order valence-electron chi connectivity index (χ4n) is 2.90. The van der Waals surface area contributed by atoms with Gasteiger partial charge in [-0.05, 0) is 41.5 Å². The molecule has 9 heteroatoms. The van der Waals surface area contributed by atoms with E-state index in [-0.39, 0.29) is 11.0 Å². The number of rotatable bonds is 6. The number of halogens is 2. The first kappa shape index (κ1) is 20.2. The molecule has 0 spiro atoms. The van der Waals surface area contributed by atoms with Gasteiger partial charge in [-0.25, -0.2) is 19.2 Å². The van der Waals surface area contributed by atoms with Crippen molar-refractivity contribution < 1.29 is 14.3 Å². The number of aliphatic carboxylic acids is 1. The topological polar surface area (TPSA) is 92.9 Å². The summed E-state index contributed by atoms with van der Waals surface area (Å²) in [7, 11) is 0. The van der Waals surface area contributed by atoms with E-state index >= 15 is 0 Å². The molecule has 154 valence electrons. The molecule has 0 atom stereocenters. The molecule has 31 heavy (non-hydrogen) atoms. The van der Waals surface area contributed by atoms with Gasteiger partial charge in [-0.1, -0.05) is 29.8 Å². The maximum Gasteiger partial charge on any atom is 0.328 e. The average molecular weight is 436 g/mol. The van der Waals surface area contributed by atoms with Crippen LogP contribution in [-0.4, -0.2) is 30.6 Å². The Morgan fingerprint density at radius 2 is 2.10 bits per heavy atom. The zero-order valence-electron chi connectivity index (χ0n) is 15.9. The number of carboxylic acid groups (broad SMARTS) is 1. The van der Waals surface area contributed by atoms with Gasteiger partial charge in [-0.2, -0.15) is 4.98 Å². The largest absolute Gasteiger partial charge is 0.478 e. The molecule has 0 aliphatic rings. The molecule has 2 aromatic carbocycles. The molecule has 0 radical (unpaired) electrons. The van der Waals surface area contributed by atoms with E-state index in [1.165, 1.54) is 24.3 Å². The Morgan fingerprint density at radius 3 is 2.84 bits per heavy atom. The summed E-state index contributed by atoms with van der Waals surface area (Å²) in [6.07, 6.45) is 9.22. The van der Waals surface area contributed by atoms with Crippen molar-refractivity contribution in [1.29, 1.82) is 0 Å². The van der Waals surface area contributed by atoms with Crippen LogP contribution in [0.1, 0.15) is 5.56 Å². The highest BCUT2D eigenvalue weighted by Crippen LogP contribution is 2.28. The first-order valence-electron chi connectivity index (χ1n) is 9.08. The zero-order chi connectivity index (χ0) is 21.8. The van der Waals surface area contributed by atoms with E-state index in [0.29, 0.717) is 17.1 Å². The molecule has 7 nitrogen and oxygen atoms in total. The molecule has 4 rings (SSSR count). The van der Waals surface area contributed by atoms with Gasteiger partial charge in [0.05, 0.1) is 5.02 Å². The van der Waals surface area contributed by atoms with E-state index in [0.717, 1.165) is 17.2 Å². The minimum absolute atomic E-state index is 0.0114. The Kier molecular flexibility index (Phi) is 5.72. The van der Waals surface area contributed by atoms with Crippen LogP contribution < -0.4 is 5.32 Å². The van der Waals surface area contributed by atoms with Gasteiger partial charge in [0, 0.05) is 35.9 Å². The molecule has 0 aliphatic carbocycles. The Morgan fingerprint density at radius 1 is 1.23 bits per heavy atom. The van der Waals surface area contributed by atoms with Gasteiger partial charge >= 0.3 is 5.97 Å². The lowest BCUT2D eigenvalue weighted by Crippen LogP contribution is -2.04. The molecule has 0 saturated heterocycles. The summed E-state index contributed by atoms with van der Waals surface area (Å²) in [6, 6.07) is 11.6. The van der Waals surface area contributed by atoms with Gasteiger partial charge < -0.3 is 10.4 Å². The average Bonchev–Trinajstić information content (AvgIpc) is 3.30. The van der Waals surface area contributed by atoms with Crippen LogP contribution in [0.4, 0.5) is 16.0 Å². The van der Waals surface area contributed by atoms with Crippen LogP contribution in [0.5, 0.6) is 0 Å². The predicted molar refractivity (Wildman–Crippen MR) is 116 cm³/mol. The maximum atomic E-state index is 13.4. The SMILES string of the molecule is O=C(O)/C=C/c1cccc(-c2cnc(Nc3ccc(F)c(Cl)c3)nc2-n2ccnc2)c1. The zero-order valence-corrected chi connectivity index (χ0v) is 16.7. The molecule has 2 N–H and O–H groups in total. The summed E-state index contributed by atoms with van der Waals surface area (Å²) in [5.74, 6) is -0.691. The number of carboxylic acids is 1. The van der Waals surface area contributed by atoms with E-state index in [4.69, 9.17) is 16.7 Å². The highest BCUT2D eigenvalue weighted by molar-refractivity contribution is 6.31. The Bertz CT molecular complexity index is 1270. The third kappa shape index (κ3) is 4.76. The molecular formula is C22H15ClFN5O2. The smallest absolute Gasteiger partial charge is 0.328 e. The first-order chi connectivity index (χ1) is 15.0. The minimum Gasteiger partial charge on any atom is -0.478 e. The number of nitrogens with one attached hydrogen (secondary N) is 1. The standard InChI is InChI=1S/C22H15ClFN5O2/c23-18-11-16(5-6-19(18)24)27-22-26-12-17(21(28-22)29-9-8-25-13-29)15-3-1-2-14(10-15)4-7-20(30)31/h1-13H,(H,30,31)(H,26,27,28)/b7-4+. The van der Waals surface area contributed by atoms with Crippen molar-refractivity contribution in [2.45, 2.75) is 0 Å². The van der Waals surface area contributed by atoms with Crippen molar-refractivity contribution >= 4 is 35.3 Å². The maximum absolute atomic E-state index is 13.4. The summed E-state index contributed by atoms with van der Waals surface area (Å²) in [4.78, 5) is 23.9. The fourth-order valence-corrected chi connectivity index (χ4v) is 3.08. The summed E-state index contributed by atoms with van der Waals surface area (Å²) in [5, 5.41) is 11.9. The number of imidazole rings is 1. The number of aromatic nitrogens is 4. The van der Waals surface area contributed by atoms with Crippen molar-refractivity contribution in [3.8, 4) is 16.9 Å². The second kappa shape index (κ2) is 8.76. The van der Waals surface area contributed by atoms with Crippen molar-refractivity contribution in [2.24, 2.45) is 0 Å². The summed E-state index contributed by atoms with van der Waals surface area (Å²) in [6.45, 7) is 0. The van der Waals surface area contributed by atoms with Gasteiger partial charge in [-0.15, -0.1) is 0 Å². The predicted octanol–water partition coefficient (Wildman–Crippen LogP) is 4.96. The van der Waals surface area contributed by atoms with Crippen molar-refractivity contribution in [1.82, 2.24) is 19.5 Å². The molecule has 2 heterocycles. The van der Waals surface area contributed by atoms with Gasteiger partial charge in [0.15, 0.2) is 5.82 Å². The summed E-state index contributed by atoms with van der Waals surface area (Å²) in [5.41, 5.74) is 2.77. The van der Waals surface area contributed by atoms with Crippen LogP contribution in [0.2, 0.25) is 5.02 Å². The normalized spacial score (nSPS) is 11.0. The van der Waals surface area contributed by atoms with Crippen LogP contribution in [0, 0.1) is 5.82 Å². The molecule has 4 aromatic rings. The second-order valence-electron chi connectivity index (χ2n) is 6.45. The van der Waals surface area contributed by atoms with Gasteiger partial charge in [0.2, 0.25) is 5.95 Å². The van der Waals surface area contributed by atoms with E-state index in [1.807, 2.05) is 18.2 Å². The van der Waals surface area contributed by atoms with Crippen molar-refractivity contribution in [3.05, 3.63) is 89.9 Å². The van der Waals surface area contributed by atoms with E-state index in [1.54, 1.807) is 35.6 Å². The van der Waals surface area contributed by atoms with Gasteiger partial charge in [-0.3, -0.25) is 4.57 Å². The van der Waals surface area contributed by atoms with Crippen molar-refractivity contribution in [2.75, 3.05) is 5.32 Å².